The van der Waals surface area contributed by atoms with E-state index < -0.39 is 22.5 Å². The summed E-state index contributed by atoms with van der Waals surface area (Å²) in [4.78, 5) is 21.4. The number of fused-ring (bicyclic) bond motifs is 2. The number of hydroxylamine groups is 2. The van der Waals surface area contributed by atoms with Gasteiger partial charge in [-0.15, -0.1) is 4.28 Å². The second-order valence-electron chi connectivity index (χ2n) is 4.28. The Hall–Kier alpha value is -2.04. The summed E-state index contributed by atoms with van der Waals surface area (Å²) in [6.45, 7) is 0.573. The van der Waals surface area contributed by atoms with Crippen molar-refractivity contribution in [2.75, 3.05) is 13.1 Å². The molecule has 0 saturated carbocycles. The first-order valence-corrected chi connectivity index (χ1v) is 7.04. The van der Waals surface area contributed by atoms with Crippen LogP contribution in [-0.2, 0) is 14.7 Å². The van der Waals surface area contributed by atoms with Gasteiger partial charge >= 0.3 is 16.4 Å². The fourth-order valence-corrected chi connectivity index (χ4v) is 2.63. The molecular weight excluding hydrogens is 288 g/mol. The fraction of sp³-hybridized carbons (Fsp3) is 0.300. The van der Waals surface area contributed by atoms with Crippen molar-refractivity contribution in [3.8, 4) is 0 Å². The molecule has 9 nitrogen and oxygen atoms in total. The standard InChI is InChI=1S/C10H10N4O5S/c15-10-13-4-1-7(8-5-11-2-3-12-8)9(6-13)14(10)19-20(16,17)18/h1-3,5,9H,4,6H2,(H,16,17,18). The van der Waals surface area contributed by atoms with E-state index in [1.54, 1.807) is 6.08 Å². The van der Waals surface area contributed by atoms with Crippen molar-refractivity contribution in [1.82, 2.24) is 19.9 Å². The van der Waals surface area contributed by atoms with Gasteiger partial charge in [0.25, 0.3) is 0 Å². The maximum Gasteiger partial charge on any atom is 0.418 e. The number of carbonyl (C=O) groups is 1. The first-order chi connectivity index (χ1) is 9.46. The lowest BCUT2D eigenvalue weighted by atomic mass is 10.0. The van der Waals surface area contributed by atoms with E-state index in [0.717, 1.165) is 0 Å². The number of hydrogen-bond donors (Lipinski definition) is 1. The molecule has 3 rings (SSSR count). The van der Waals surface area contributed by atoms with E-state index in [0.29, 0.717) is 22.9 Å². The Morgan fingerprint density at radius 2 is 2.20 bits per heavy atom. The van der Waals surface area contributed by atoms with Gasteiger partial charge in [-0.2, -0.15) is 13.5 Å². The molecule has 0 aliphatic carbocycles. The van der Waals surface area contributed by atoms with E-state index in [1.807, 2.05) is 0 Å². The lowest BCUT2D eigenvalue weighted by Crippen LogP contribution is -2.36. The lowest BCUT2D eigenvalue weighted by molar-refractivity contribution is -0.0160. The highest BCUT2D eigenvalue weighted by Crippen LogP contribution is 2.32. The van der Waals surface area contributed by atoms with Gasteiger partial charge < -0.3 is 4.90 Å². The molecule has 2 amide bonds. The van der Waals surface area contributed by atoms with E-state index >= 15 is 0 Å². The van der Waals surface area contributed by atoms with Crippen LogP contribution < -0.4 is 0 Å². The van der Waals surface area contributed by atoms with Crippen LogP contribution in [-0.4, -0.2) is 58.1 Å². The molecule has 0 aromatic carbocycles. The number of urea groups is 1. The van der Waals surface area contributed by atoms with E-state index in [2.05, 4.69) is 14.3 Å². The van der Waals surface area contributed by atoms with Crippen molar-refractivity contribution in [2.45, 2.75) is 6.04 Å². The zero-order valence-electron chi connectivity index (χ0n) is 10.1. The minimum Gasteiger partial charge on any atom is -0.317 e. The minimum atomic E-state index is -4.77. The number of nitrogens with zero attached hydrogens (tertiary/aromatic N) is 4. The maximum atomic E-state index is 11.9. The van der Waals surface area contributed by atoms with Gasteiger partial charge in [-0.1, -0.05) is 6.08 Å². The summed E-state index contributed by atoms with van der Waals surface area (Å²) in [5.41, 5.74) is 1.15. The zero-order chi connectivity index (χ0) is 14.3. The third kappa shape index (κ3) is 2.24. The second kappa shape index (κ2) is 4.51. The lowest BCUT2D eigenvalue weighted by Gasteiger charge is -2.22. The summed E-state index contributed by atoms with van der Waals surface area (Å²) in [6.07, 6.45) is 6.26. The van der Waals surface area contributed by atoms with Gasteiger partial charge in [0.2, 0.25) is 0 Å². The molecule has 0 radical (unpaired) electrons. The molecule has 10 heteroatoms. The first-order valence-electron chi connectivity index (χ1n) is 5.67. The van der Waals surface area contributed by atoms with Crippen LogP contribution in [0.2, 0.25) is 0 Å². The largest absolute Gasteiger partial charge is 0.418 e. The maximum absolute atomic E-state index is 11.9. The summed E-state index contributed by atoms with van der Waals surface area (Å²) < 4.78 is 34.8. The SMILES string of the molecule is O=C1N2CC=C(c3cnccn3)C(C2)N1OS(=O)(=O)O. The van der Waals surface area contributed by atoms with Crippen LogP contribution in [0.1, 0.15) is 5.69 Å². The van der Waals surface area contributed by atoms with E-state index in [-0.39, 0.29) is 6.54 Å². The van der Waals surface area contributed by atoms with Gasteiger partial charge in [-0.3, -0.25) is 14.5 Å². The predicted octanol–water partition coefficient (Wildman–Crippen LogP) is -0.286. The molecule has 1 atom stereocenters. The smallest absolute Gasteiger partial charge is 0.317 e. The summed E-state index contributed by atoms with van der Waals surface area (Å²) in [6, 6.07) is -1.28. The molecule has 0 spiro atoms. The highest BCUT2D eigenvalue weighted by molar-refractivity contribution is 7.80. The monoisotopic (exact) mass is 298 g/mol. The van der Waals surface area contributed by atoms with Crippen LogP contribution >= 0.6 is 0 Å². The minimum absolute atomic E-state index is 0.261. The van der Waals surface area contributed by atoms with Crippen LogP contribution in [0.4, 0.5) is 4.79 Å². The van der Waals surface area contributed by atoms with Gasteiger partial charge in [0.05, 0.1) is 18.4 Å². The first kappa shape index (κ1) is 13.0. The number of hydrogen-bond acceptors (Lipinski definition) is 6. The van der Waals surface area contributed by atoms with Crippen LogP contribution in [0.3, 0.4) is 0 Å². The second-order valence-corrected chi connectivity index (χ2v) is 5.29. The summed E-state index contributed by atoms with van der Waals surface area (Å²) in [5, 5.41) is 0.642. The molecule has 20 heavy (non-hydrogen) atoms. The molecule has 106 valence electrons. The Balaban J connectivity index is 1.96. The molecule has 1 aromatic heterocycles. The molecule has 2 bridgehead atoms. The Morgan fingerprint density at radius 1 is 1.40 bits per heavy atom. The topological polar surface area (TPSA) is 113 Å². The third-order valence-corrected chi connectivity index (χ3v) is 3.41. The summed E-state index contributed by atoms with van der Waals surface area (Å²) in [7, 11) is -4.77. The Bertz CT molecular complexity index is 674. The third-order valence-electron chi connectivity index (χ3n) is 3.06. The zero-order valence-corrected chi connectivity index (χ0v) is 10.9. The van der Waals surface area contributed by atoms with Crippen LogP contribution in [0.15, 0.2) is 24.7 Å². The molecule has 2 aliphatic heterocycles. The molecular formula is C10H10N4O5S. The van der Waals surface area contributed by atoms with E-state index in [1.165, 1.54) is 23.5 Å². The van der Waals surface area contributed by atoms with E-state index in [4.69, 9.17) is 4.55 Å². The fourth-order valence-electron chi connectivity index (χ4n) is 2.26. The Labute approximate surface area is 114 Å². The Kier molecular flexibility index (Phi) is 2.92. The number of amides is 2. The molecule has 1 unspecified atom stereocenters. The molecule has 3 heterocycles. The van der Waals surface area contributed by atoms with Gasteiger partial charge in [-0.05, 0) is 0 Å². The van der Waals surface area contributed by atoms with Crippen LogP contribution in [0, 0.1) is 0 Å². The van der Waals surface area contributed by atoms with E-state index in [9.17, 15) is 13.2 Å². The van der Waals surface area contributed by atoms with Crippen molar-refractivity contribution < 1.29 is 22.0 Å². The number of carbonyl (C=O) groups excluding carboxylic acids is 1. The highest BCUT2D eigenvalue weighted by atomic mass is 32.3. The van der Waals surface area contributed by atoms with Crippen molar-refractivity contribution in [3.05, 3.63) is 30.4 Å². The molecule has 1 saturated heterocycles. The van der Waals surface area contributed by atoms with Crippen molar-refractivity contribution in [2.24, 2.45) is 0 Å². The average Bonchev–Trinajstić information content (AvgIpc) is 2.64. The normalized spacial score (nSPS) is 22.1. The van der Waals surface area contributed by atoms with Crippen molar-refractivity contribution >= 4 is 22.0 Å². The van der Waals surface area contributed by atoms with Gasteiger partial charge in [0.15, 0.2) is 0 Å². The molecule has 1 fully saturated rings. The van der Waals surface area contributed by atoms with Crippen LogP contribution in [0.25, 0.3) is 5.57 Å². The predicted molar refractivity (Wildman–Crippen MR) is 65.2 cm³/mol. The molecule has 1 aromatic rings. The van der Waals surface area contributed by atoms with Crippen molar-refractivity contribution in [3.63, 3.8) is 0 Å². The summed E-state index contributed by atoms with van der Waals surface area (Å²) >= 11 is 0. The van der Waals surface area contributed by atoms with Crippen LogP contribution in [0.5, 0.6) is 0 Å². The van der Waals surface area contributed by atoms with Gasteiger partial charge in [0, 0.05) is 24.5 Å². The average molecular weight is 298 g/mol. The Morgan fingerprint density at radius 3 is 2.85 bits per heavy atom. The number of aromatic nitrogens is 2. The quantitative estimate of drug-likeness (QED) is 0.763. The summed E-state index contributed by atoms with van der Waals surface area (Å²) in [5.74, 6) is 0. The highest BCUT2D eigenvalue weighted by Gasteiger charge is 2.45. The molecule has 2 aliphatic rings. The van der Waals surface area contributed by atoms with Crippen molar-refractivity contribution in [1.29, 1.82) is 0 Å². The molecule has 1 N–H and O–H groups in total. The van der Waals surface area contributed by atoms with Gasteiger partial charge in [0.1, 0.15) is 6.04 Å². The number of rotatable bonds is 3. The van der Waals surface area contributed by atoms with Gasteiger partial charge in [-0.25, -0.2) is 4.79 Å².